The number of phenolic OH excluding ortho intramolecular Hbond substituents is 5. The van der Waals surface area contributed by atoms with Crippen molar-refractivity contribution < 1.29 is 59.4 Å². The maximum atomic E-state index is 11.4. The quantitative estimate of drug-likeness (QED) is 0.0961. The van der Waals surface area contributed by atoms with Crippen molar-refractivity contribution in [2.45, 2.75) is 18.9 Å². The molecule has 0 spiro atoms. The Morgan fingerprint density at radius 1 is 0.970 bits per heavy atom. The van der Waals surface area contributed by atoms with E-state index in [1.54, 1.807) is 0 Å². The number of nitrogens with two attached hydrogens (primary N) is 1. The SMILES string of the molecule is NC(N=Cc1c(O)cc(O)cc1O)=NCCCC(N=Cc1c(O)cc([O-])cc1O)C(=O)O.[Li+]. The molecule has 0 aliphatic carbocycles. The molecule has 0 radical (unpaired) electrons. The van der Waals surface area contributed by atoms with Crippen molar-refractivity contribution in [1.29, 1.82) is 0 Å². The van der Waals surface area contributed by atoms with Gasteiger partial charge >= 0.3 is 24.8 Å². The molecule has 0 aliphatic rings. The number of phenols is 5. The summed E-state index contributed by atoms with van der Waals surface area (Å²) in [5, 5.41) is 68.5. The van der Waals surface area contributed by atoms with Crippen molar-refractivity contribution in [2.24, 2.45) is 20.7 Å². The molecule has 0 saturated carbocycles. The number of guanidine groups is 1. The van der Waals surface area contributed by atoms with E-state index in [2.05, 4.69) is 15.0 Å². The zero-order valence-electron chi connectivity index (χ0n) is 17.6. The third-order valence-corrected chi connectivity index (χ3v) is 4.14. The summed E-state index contributed by atoms with van der Waals surface area (Å²) in [5.41, 5.74) is 5.38. The Balaban J connectivity index is 0.00000544. The molecule has 33 heavy (non-hydrogen) atoms. The molecule has 13 heteroatoms. The molecule has 0 aliphatic heterocycles. The smallest absolute Gasteiger partial charge is 0.872 e. The van der Waals surface area contributed by atoms with Gasteiger partial charge in [0.15, 0.2) is 0 Å². The number of carboxylic acid groups (broad SMARTS) is 1. The van der Waals surface area contributed by atoms with E-state index >= 15 is 0 Å². The Morgan fingerprint density at radius 2 is 1.48 bits per heavy atom. The summed E-state index contributed by atoms with van der Waals surface area (Å²) in [5.74, 6) is -4.25. The third-order valence-electron chi connectivity index (χ3n) is 4.14. The van der Waals surface area contributed by atoms with Crippen molar-refractivity contribution in [2.75, 3.05) is 6.54 Å². The van der Waals surface area contributed by atoms with Gasteiger partial charge in [-0.05, 0) is 25.0 Å². The number of aromatic hydroxyl groups is 5. The van der Waals surface area contributed by atoms with Crippen LogP contribution in [0, 0.1) is 0 Å². The van der Waals surface area contributed by atoms with Crippen LogP contribution < -0.4 is 29.7 Å². The van der Waals surface area contributed by atoms with E-state index in [9.17, 15) is 40.5 Å². The van der Waals surface area contributed by atoms with E-state index in [0.717, 1.165) is 36.7 Å². The second-order valence-electron chi connectivity index (χ2n) is 6.55. The van der Waals surface area contributed by atoms with Crippen LogP contribution in [0.1, 0.15) is 24.0 Å². The largest absolute Gasteiger partial charge is 1.00 e. The van der Waals surface area contributed by atoms with Crippen LogP contribution in [0.15, 0.2) is 39.2 Å². The van der Waals surface area contributed by atoms with Gasteiger partial charge < -0.3 is 41.5 Å². The number of nitrogens with zero attached hydrogens (tertiary/aromatic N) is 3. The third kappa shape index (κ3) is 7.95. The van der Waals surface area contributed by atoms with Gasteiger partial charge in [0.1, 0.15) is 34.8 Å². The summed E-state index contributed by atoms with van der Waals surface area (Å²) in [6, 6.07) is 2.55. The Labute approximate surface area is 199 Å². The van der Waals surface area contributed by atoms with Crippen LogP contribution in [0.3, 0.4) is 0 Å². The number of carboxylic acids is 1. The fourth-order valence-electron chi connectivity index (χ4n) is 2.55. The van der Waals surface area contributed by atoms with Crippen LogP contribution in [0.25, 0.3) is 0 Å². The van der Waals surface area contributed by atoms with Crippen LogP contribution in [0.4, 0.5) is 0 Å². The van der Waals surface area contributed by atoms with Crippen LogP contribution in [0.5, 0.6) is 34.5 Å². The number of aliphatic imine (C=N–C) groups is 3. The van der Waals surface area contributed by atoms with Crippen LogP contribution in [0.2, 0.25) is 0 Å². The standard InChI is InChI=1S/C20H22N4O8.Li/c21-20(24-9-13-17(29)6-11(26)7-18(13)30)22-3-1-2-14(19(31)32)23-8-12-15(27)4-10(25)5-16(12)28;/h4-9,14,25-30H,1-3H2,(H2,21,22)(H,31,32);/q;+1/p-1. The van der Waals surface area contributed by atoms with Crippen LogP contribution in [-0.2, 0) is 4.79 Å². The molecule has 0 fully saturated rings. The minimum Gasteiger partial charge on any atom is -0.872 e. The topological polar surface area (TPSA) is 225 Å². The average molecular weight is 452 g/mol. The maximum Gasteiger partial charge on any atom is 1.00 e. The first-order chi connectivity index (χ1) is 15.1. The Hall–Kier alpha value is -3.88. The zero-order chi connectivity index (χ0) is 23.8. The van der Waals surface area contributed by atoms with Gasteiger partial charge in [0, 0.05) is 31.1 Å². The van der Waals surface area contributed by atoms with Gasteiger partial charge in [-0.2, -0.15) is 0 Å². The Morgan fingerprint density at radius 3 is 2.03 bits per heavy atom. The average Bonchev–Trinajstić information content (AvgIpc) is 2.67. The Kier molecular flexibility index (Phi) is 10.1. The van der Waals surface area contributed by atoms with Crippen molar-refractivity contribution >= 4 is 24.4 Å². The van der Waals surface area contributed by atoms with E-state index in [1.165, 1.54) is 0 Å². The fourth-order valence-corrected chi connectivity index (χ4v) is 2.55. The molecule has 1 unspecified atom stereocenters. The van der Waals surface area contributed by atoms with Crippen LogP contribution in [-0.4, -0.2) is 67.6 Å². The van der Waals surface area contributed by atoms with Gasteiger partial charge in [-0.15, -0.1) is 5.75 Å². The summed E-state index contributed by atoms with van der Waals surface area (Å²) < 4.78 is 0. The van der Waals surface area contributed by atoms with E-state index in [4.69, 9.17) is 5.73 Å². The molecule has 2 aromatic rings. The predicted molar refractivity (Wildman–Crippen MR) is 113 cm³/mol. The number of carbonyl (C=O) groups is 1. The predicted octanol–water partition coefficient (Wildman–Crippen LogP) is -2.62. The molecular weight excluding hydrogens is 431 g/mol. The number of aliphatic carboxylic acids is 1. The normalized spacial score (nSPS) is 12.7. The van der Waals surface area contributed by atoms with Crippen LogP contribution >= 0.6 is 0 Å². The van der Waals surface area contributed by atoms with E-state index in [0.29, 0.717) is 0 Å². The summed E-state index contributed by atoms with van der Waals surface area (Å²) in [7, 11) is 0. The molecule has 0 aromatic heterocycles. The maximum absolute atomic E-state index is 11.4. The summed E-state index contributed by atoms with van der Waals surface area (Å²) in [6.07, 6.45) is 2.32. The van der Waals surface area contributed by atoms with Gasteiger partial charge in [0.2, 0.25) is 5.96 Å². The molecule has 8 N–H and O–H groups in total. The molecule has 12 nitrogen and oxygen atoms in total. The molecule has 2 aromatic carbocycles. The minimum absolute atomic E-state index is 0. The van der Waals surface area contributed by atoms with Gasteiger partial charge in [0.05, 0.1) is 11.1 Å². The molecule has 1 atom stereocenters. The number of benzene rings is 2. The fraction of sp³-hybridized carbons (Fsp3) is 0.200. The van der Waals surface area contributed by atoms with Gasteiger partial charge in [-0.25, -0.2) is 9.79 Å². The molecular formula is C20H21LiN4O8. The van der Waals surface area contributed by atoms with Gasteiger partial charge in [0.25, 0.3) is 0 Å². The van der Waals surface area contributed by atoms with E-state index < -0.39 is 40.8 Å². The van der Waals surface area contributed by atoms with Gasteiger partial charge in [-0.1, -0.05) is 0 Å². The van der Waals surface area contributed by atoms with Crippen molar-refractivity contribution in [3.63, 3.8) is 0 Å². The first kappa shape index (κ1) is 27.2. The van der Waals surface area contributed by atoms with Crippen molar-refractivity contribution in [3.05, 3.63) is 35.4 Å². The molecule has 2 rings (SSSR count). The number of rotatable bonds is 8. The first-order valence-corrected chi connectivity index (χ1v) is 9.16. The summed E-state index contributed by atoms with van der Waals surface area (Å²) >= 11 is 0. The molecule has 0 bridgehead atoms. The zero-order valence-corrected chi connectivity index (χ0v) is 17.6. The first-order valence-electron chi connectivity index (χ1n) is 9.16. The monoisotopic (exact) mass is 452 g/mol. The van der Waals surface area contributed by atoms with Crippen molar-refractivity contribution in [3.8, 4) is 34.5 Å². The second-order valence-corrected chi connectivity index (χ2v) is 6.55. The van der Waals surface area contributed by atoms with E-state index in [-0.39, 0.29) is 61.1 Å². The number of hydrogen-bond donors (Lipinski definition) is 7. The molecule has 170 valence electrons. The Bertz CT molecular complexity index is 1040. The van der Waals surface area contributed by atoms with Gasteiger partial charge in [-0.3, -0.25) is 9.98 Å². The van der Waals surface area contributed by atoms with Crippen molar-refractivity contribution in [1.82, 2.24) is 0 Å². The molecule has 0 amide bonds. The summed E-state index contributed by atoms with van der Waals surface area (Å²) in [6.45, 7) is 0.0946. The molecule has 0 heterocycles. The van der Waals surface area contributed by atoms with E-state index in [1.807, 2.05) is 0 Å². The molecule has 0 saturated heterocycles. The summed E-state index contributed by atoms with van der Waals surface area (Å²) in [4.78, 5) is 22.9. The second kappa shape index (κ2) is 12.2. The number of hydrogen-bond acceptors (Lipinski definition) is 9. The minimum atomic E-state index is -1.24.